The lowest BCUT2D eigenvalue weighted by Crippen LogP contribution is -2.13. The van der Waals surface area contributed by atoms with Gasteiger partial charge in [-0.2, -0.15) is 0 Å². The fourth-order valence-electron chi connectivity index (χ4n) is 2.40. The van der Waals surface area contributed by atoms with Crippen molar-refractivity contribution < 1.29 is 0 Å². The van der Waals surface area contributed by atoms with Gasteiger partial charge in [0.05, 0.1) is 7.85 Å². The van der Waals surface area contributed by atoms with Crippen molar-refractivity contribution >= 4 is 42.4 Å². The highest BCUT2D eigenvalue weighted by molar-refractivity contribution is 7.09. The Hall–Kier alpha value is 0.345. The van der Waals surface area contributed by atoms with Crippen LogP contribution in [0.4, 0.5) is 0 Å². The highest BCUT2D eigenvalue weighted by atomic mass is 35.5. The molecule has 0 aromatic carbocycles. The molecule has 0 bridgehead atoms. The minimum atomic E-state index is 0.0641. The van der Waals surface area contributed by atoms with Crippen LogP contribution in [-0.2, 0) is 6.42 Å². The molecule has 2 rings (SSSR count). The molecule has 0 nitrogen and oxygen atoms in total. The highest BCUT2D eigenvalue weighted by Crippen LogP contribution is 2.43. The Kier molecular flexibility index (Phi) is 4.63. The van der Waals surface area contributed by atoms with Gasteiger partial charge in [0, 0.05) is 15.6 Å². The van der Waals surface area contributed by atoms with Crippen LogP contribution < -0.4 is 0 Å². The highest BCUT2D eigenvalue weighted by Gasteiger charge is 2.37. The number of aryl methyl sites for hydroxylation is 1. The van der Waals surface area contributed by atoms with Gasteiger partial charge in [-0.05, 0) is 43.0 Å². The van der Waals surface area contributed by atoms with Crippen LogP contribution in [0.2, 0.25) is 5.82 Å². The Morgan fingerprint density at radius 3 is 2.75 bits per heavy atom. The van der Waals surface area contributed by atoms with Crippen molar-refractivity contribution in [1.82, 2.24) is 0 Å². The second kappa shape index (κ2) is 5.79. The van der Waals surface area contributed by atoms with E-state index in [9.17, 15) is 0 Å². The molecule has 2 radical (unpaired) electrons. The van der Waals surface area contributed by atoms with Gasteiger partial charge >= 0.3 is 0 Å². The van der Waals surface area contributed by atoms with Crippen LogP contribution in [-0.4, -0.2) is 18.6 Å². The third kappa shape index (κ3) is 2.97. The summed E-state index contributed by atoms with van der Waals surface area (Å²) in [6, 6.07) is 4.28. The lowest BCUT2D eigenvalue weighted by Gasteiger charge is -2.19. The van der Waals surface area contributed by atoms with Crippen molar-refractivity contribution in [2.45, 2.75) is 42.3 Å². The maximum Gasteiger partial charge on any atom is 0.0724 e. The number of thiophene rings is 1. The first-order valence-corrected chi connectivity index (χ1v) is 7.50. The van der Waals surface area contributed by atoms with Gasteiger partial charge in [-0.25, -0.2) is 0 Å². The molecule has 0 saturated heterocycles. The molecule has 0 spiro atoms. The van der Waals surface area contributed by atoms with E-state index in [1.54, 1.807) is 0 Å². The van der Waals surface area contributed by atoms with Crippen LogP contribution in [0.25, 0.3) is 0 Å². The van der Waals surface area contributed by atoms with Crippen molar-refractivity contribution in [3.63, 3.8) is 0 Å². The van der Waals surface area contributed by atoms with Crippen LogP contribution in [0.15, 0.2) is 17.5 Å². The number of halogens is 2. The topological polar surface area (TPSA) is 0 Å². The van der Waals surface area contributed by atoms with E-state index in [1.165, 1.54) is 4.88 Å². The second-order valence-corrected chi connectivity index (χ2v) is 6.63. The van der Waals surface area contributed by atoms with E-state index in [0.717, 1.165) is 25.7 Å². The summed E-state index contributed by atoms with van der Waals surface area (Å²) in [7, 11) is 6.06. The predicted molar refractivity (Wildman–Crippen MR) is 74.2 cm³/mol. The quantitative estimate of drug-likeness (QED) is 0.568. The molecule has 16 heavy (non-hydrogen) atoms. The summed E-state index contributed by atoms with van der Waals surface area (Å²) in [5.74, 6) is 0.469. The predicted octanol–water partition coefficient (Wildman–Crippen LogP) is 4.26. The number of alkyl halides is 2. The van der Waals surface area contributed by atoms with Crippen LogP contribution in [0, 0.1) is 5.92 Å². The molecule has 1 aliphatic carbocycles. The van der Waals surface area contributed by atoms with E-state index >= 15 is 0 Å². The van der Waals surface area contributed by atoms with Gasteiger partial charge in [0.2, 0.25) is 0 Å². The minimum Gasteiger partial charge on any atom is -0.149 e. The average Bonchev–Trinajstić information content (AvgIpc) is 2.82. The van der Waals surface area contributed by atoms with Gasteiger partial charge in [0.25, 0.3) is 0 Å². The molecule has 1 aromatic rings. The molecule has 1 aromatic heterocycles. The summed E-state index contributed by atoms with van der Waals surface area (Å²) in [4.78, 5) is 1.44. The average molecular weight is 273 g/mol. The Labute approximate surface area is 113 Å². The molecule has 1 saturated carbocycles. The molecule has 4 atom stereocenters. The van der Waals surface area contributed by atoms with E-state index in [4.69, 9.17) is 31.0 Å². The zero-order chi connectivity index (χ0) is 11.5. The Balaban J connectivity index is 1.77. The summed E-state index contributed by atoms with van der Waals surface area (Å²) >= 11 is 14.2. The first-order chi connectivity index (χ1) is 7.68. The van der Waals surface area contributed by atoms with Crippen molar-refractivity contribution in [1.29, 1.82) is 0 Å². The Bertz CT molecular complexity index is 315. The largest absolute Gasteiger partial charge is 0.149 e. The van der Waals surface area contributed by atoms with Gasteiger partial charge in [0.1, 0.15) is 0 Å². The molecule has 0 N–H and O–H groups in total. The molecular formula is C12H15BCl2S. The molecular weight excluding hydrogens is 258 g/mol. The van der Waals surface area contributed by atoms with Crippen LogP contribution in [0.3, 0.4) is 0 Å². The van der Waals surface area contributed by atoms with Gasteiger partial charge in [0.15, 0.2) is 0 Å². The molecule has 1 aliphatic rings. The number of hydrogen-bond donors (Lipinski definition) is 0. The molecule has 86 valence electrons. The zero-order valence-corrected chi connectivity index (χ0v) is 11.4. The second-order valence-electron chi connectivity index (χ2n) is 4.48. The first-order valence-electron chi connectivity index (χ1n) is 5.74. The molecule has 1 heterocycles. The number of hydrogen-bond acceptors (Lipinski definition) is 1. The first kappa shape index (κ1) is 12.8. The standard InChI is InChI=1S/C12H15BCl2S/c13-12-9(10(14)7-11(12)15)5-1-3-8-4-2-6-16-8/h2,4,6,9-12H,1,3,5,7H2. The normalized spacial score (nSPS) is 34.4. The summed E-state index contributed by atoms with van der Waals surface area (Å²) in [5.41, 5.74) is 0. The molecule has 0 amide bonds. The third-order valence-electron chi connectivity index (χ3n) is 3.37. The van der Waals surface area contributed by atoms with Gasteiger partial charge in [-0.1, -0.05) is 11.9 Å². The van der Waals surface area contributed by atoms with Crippen molar-refractivity contribution in [3.8, 4) is 0 Å². The van der Waals surface area contributed by atoms with Crippen LogP contribution in [0.5, 0.6) is 0 Å². The monoisotopic (exact) mass is 272 g/mol. The van der Waals surface area contributed by atoms with Gasteiger partial charge in [-0.15, -0.1) is 34.5 Å². The SMILES string of the molecule is [B]C1C(Cl)CC(Cl)C1CCCc1cccs1. The van der Waals surface area contributed by atoms with Gasteiger partial charge < -0.3 is 0 Å². The van der Waals surface area contributed by atoms with E-state index in [2.05, 4.69) is 17.5 Å². The molecule has 4 heteroatoms. The van der Waals surface area contributed by atoms with E-state index in [1.807, 2.05) is 11.3 Å². The summed E-state index contributed by atoms with van der Waals surface area (Å²) in [5, 5.41) is 2.35. The van der Waals surface area contributed by atoms with Crippen molar-refractivity contribution in [2.24, 2.45) is 5.92 Å². The van der Waals surface area contributed by atoms with E-state index in [0.29, 0.717) is 5.92 Å². The summed E-state index contributed by atoms with van der Waals surface area (Å²) in [6.07, 6.45) is 4.24. The Morgan fingerprint density at radius 2 is 2.19 bits per heavy atom. The molecule has 0 aliphatic heterocycles. The zero-order valence-electron chi connectivity index (χ0n) is 9.11. The third-order valence-corrected chi connectivity index (χ3v) is 5.27. The molecule has 4 unspecified atom stereocenters. The maximum absolute atomic E-state index is 6.27. The van der Waals surface area contributed by atoms with Crippen LogP contribution in [0.1, 0.15) is 24.1 Å². The maximum atomic E-state index is 6.27. The fourth-order valence-corrected chi connectivity index (χ4v) is 4.10. The summed E-state index contributed by atoms with van der Waals surface area (Å²) in [6.45, 7) is 0. The Morgan fingerprint density at radius 1 is 1.38 bits per heavy atom. The van der Waals surface area contributed by atoms with Crippen LogP contribution >= 0.6 is 34.5 Å². The van der Waals surface area contributed by atoms with Crippen molar-refractivity contribution in [3.05, 3.63) is 22.4 Å². The lowest BCUT2D eigenvalue weighted by molar-refractivity contribution is 0.490. The van der Waals surface area contributed by atoms with E-state index in [-0.39, 0.29) is 16.6 Å². The van der Waals surface area contributed by atoms with Crippen molar-refractivity contribution in [2.75, 3.05) is 0 Å². The fraction of sp³-hybridized carbons (Fsp3) is 0.667. The van der Waals surface area contributed by atoms with Gasteiger partial charge in [-0.3, -0.25) is 0 Å². The van der Waals surface area contributed by atoms with E-state index < -0.39 is 0 Å². The molecule has 1 fully saturated rings. The minimum absolute atomic E-state index is 0.0641. The smallest absolute Gasteiger partial charge is 0.0724 e. The number of rotatable bonds is 4. The lowest BCUT2D eigenvalue weighted by atomic mass is 9.76. The summed E-state index contributed by atoms with van der Waals surface area (Å²) < 4.78 is 0.